The minimum atomic E-state index is -1.10. The molecule has 0 fully saturated rings. The number of carboxylic acids is 1. The number of benzene rings is 3. The molecule has 0 bridgehead atoms. The Labute approximate surface area is 235 Å². The molecule has 0 saturated heterocycles. The first kappa shape index (κ1) is 28.5. The molecule has 0 aliphatic heterocycles. The Balaban J connectivity index is 1.40. The van der Waals surface area contributed by atoms with Crippen LogP contribution in [-0.2, 0) is 16.6 Å². The number of rotatable bonds is 9. The number of nitrogens with one attached hydrogen (secondary N) is 1. The summed E-state index contributed by atoms with van der Waals surface area (Å²) in [6.45, 7) is 10.4. The van der Waals surface area contributed by atoms with Crippen LogP contribution >= 0.6 is 0 Å². The number of carbonyl (C=O) groups excluding carboxylic acids is 1. The van der Waals surface area contributed by atoms with Gasteiger partial charge >= 0.3 is 5.97 Å². The number of carboxylic acid groups (broad SMARTS) is 1. The van der Waals surface area contributed by atoms with Crippen LogP contribution in [0.5, 0.6) is 5.75 Å². The van der Waals surface area contributed by atoms with Crippen molar-refractivity contribution in [3.8, 4) is 28.3 Å². The van der Waals surface area contributed by atoms with Gasteiger partial charge in [-0.1, -0.05) is 69.3 Å². The molecule has 7 heteroatoms. The zero-order chi connectivity index (χ0) is 28.9. The Hall–Kier alpha value is -4.52. The van der Waals surface area contributed by atoms with E-state index < -0.39 is 17.9 Å². The summed E-state index contributed by atoms with van der Waals surface area (Å²) in [5, 5.41) is 12.3. The second kappa shape index (κ2) is 12.1. The monoisotopic (exact) mass is 537 g/mol. The van der Waals surface area contributed by atoms with Crippen molar-refractivity contribution >= 4 is 11.9 Å². The maximum absolute atomic E-state index is 12.7. The van der Waals surface area contributed by atoms with Crippen LogP contribution in [0.4, 0.5) is 0 Å². The molecule has 7 nitrogen and oxygen atoms in total. The number of carbonyl (C=O) groups is 2. The summed E-state index contributed by atoms with van der Waals surface area (Å²) in [5.41, 5.74) is 5.30. The van der Waals surface area contributed by atoms with E-state index in [1.54, 1.807) is 36.7 Å². The molecule has 2 N–H and O–H groups in total. The van der Waals surface area contributed by atoms with E-state index in [1.807, 2.05) is 38.1 Å². The van der Waals surface area contributed by atoms with Crippen molar-refractivity contribution in [3.63, 3.8) is 0 Å². The predicted octanol–water partition coefficient (Wildman–Crippen LogP) is 6.32. The molecule has 1 atom stereocenters. The first-order valence-corrected chi connectivity index (χ1v) is 13.3. The fourth-order valence-corrected chi connectivity index (χ4v) is 4.21. The van der Waals surface area contributed by atoms with Gasteiger partial charge in [-0.15, -0.1) is 0 Å². The zero-order valence-electron chi connectivity index (χ0n) is 23.5. The fraction of sp³-hybridized carbons (Fsp3) is 0.273. The lowest BCUT2D eigenvalue weighted by Gasteiger charge is -2.19. The molecule has 4 aromatic rings. The van der Waals surface area contributed by atoms with Gasteiger partial charge in [0.05, 0.1) is 6.10 Å². The van der Waals surface area contributed by atoms with E-state index in [9.17, 15) is 14.7 Å². The van der Waals surface area contributed by atoms with E-state index >= 15 is 0 Å². The van der Waals surface area contributed by atoms with E-state index in [4.69, 9.17) is 4.74 Å². The molecule has 1 heterocycles. The molecule has 1 aromatic heterocycles. The van der Waals surface area contributed by atoms with Crippen LogP contribution in [0, 0.1) is 0 Å². The number of nitrogens with zero attached hydrogens (tertiary/aromatic N) is 2. The van der Waals surface area contributed by atoms with Gasteiger partial charge in [0.15, 0.2) is 5.82 Å². The van der Waals surface area contributed by atoms with Crippen LogP contribution in [-0.4, -0.2) is 39.1 Å². The lowest BCUT2D eigenvalue weighted by Crippen LogP contribution is -2.42. The molecule has 0 spiro atoms. The van der Waals surface area contributed by atoms with Gasteiger partial charge in [0.1, 0.15) is 11.8 Å². The maximum atomic E-state index is 12.7. The largest absolute Gasteiger partial charge is 0.491 e. The summed E-state index contributed by atoms with van der Waals surface area (Å²) in [7, 11) is 0. The van der Waals surface area contributed by atoms with Crippen molar-refractivity contribution in [2.75, 3.05) is 0 Å². The Kier molecular flexibility index (Phi) is 8.63. The lowest BCUT2D eigenvalue weighted by atomic mass is 9.86. The molecule has 3 aromatic carbocycles. The van der Waals surface area contributed by atoms with E-state index in [1.165, 1.54) is 5.56 Å². The fourth-order valence-electron chi connectivity index (χ4n) is 4.21. The number of hydrogen-bond acceptors (Lipinski definition) is 5. The average molecular weight is 538 g/mol. The van der Waals surface area contributed by atoms with Gasteiger partial charge in [-0.2, -0.15) is 0 Å². The highest BCUT2D eigenvalue weighted by molar-refractivity contribution is 5.96. The summed E-state index contributed by atoms with van der Waals surface area (Å²) in [6.07, 6.45) is 3.77. The molecule has 0 radical (unpaired) electrons. The number of aromatic nitrogens is 2. The van der Waals surface area contributed by atoms with Gasteiger partial charge in [0.25, 0.3) is 5.91 Å². The third-order valence-electron chi connectivity index (χ3n) is 6.48. The van der Waals surface area contributed by atoms with E-state index in [-0.39, 0.29) is 17.9 Å². The van der Waals surface area contributed by atoms with E-state index in [0.29, 0.717) is 17.1 Å². The van der Waals surface area contributed by atoms with Crippen molar-refractivity contribution in [2.24, 2.45) is 0 Å². The average Bonchev–Trinajstić information content (AvgIpc) is 2.93. The Morgan fingerprint density at radius 3 is 1.93 bits per heavy atom. The zero-order valence-corrected chi connectivity index (χ0v) is 23.5. The molecule has 206 valence electrons. The summed E-state index contributed by atoms with van der Waals surface area (Å²) < 4.78 is 5.59. The van der Waals surface area contributed by atoms with Gasteiger partial charge < -0.3 is 15.2 Å². The van der Waals surface area contributed by atoms with Gasteiger partial charge in [0, 0.05) is 35.5 Å². The highest BCUT2D eigenvalue weighted by atomic mass is 16.5. The summed E-state index contributed by atoms with van der Waals surface area (Å²) in [6, 6.07) is 21.4. The van der Waals surface area contributed by atoms with Crippen molar-refractivity contribution in [2.45, 2.75) is 58.6 Å². The minimum absolute atomic E-state index is 0.0184. The van der Waals surface area contributed by atoms with Crippen LogP contribution in [0.25, 0.3) is 22.5 Å². The summed E-state index contributed by atoms with van der Waals surface area (Å²) >= 11 is 0. The lowest BCUT2D eigenvalue weighted by molar-refractivity contribution is -0.139. The molecular weight excluding hydrogens is 502 g/mol. The summed E-state index contributed by atoms with van der Waals surface area (Å²) in [5.74, 6) is -0.335. The molecule has 40 heavy (non-hydrogen) atoms. The van der Waals surface area contributed by atoms with Gasteiger partial charge in [-0.05, 0) is 60.2 Å². The normalized spacial score (nSPS) is 12.2. The first-order chi connectivity index (χ1) is 19.0. The highest BCUT2D eigenvalue weighted by Crippen LogP contribution is 2.26. The highest BCUT2D eigenvalue weighted by Gasteiger charge is 2.21. The van der Waals surface area contributed by atoms with Crippen LogP contribution in [0.3, 0.4) is 0 Å². The number of aliphatic carboxylic acids is 1. The number of amides is 1. The SMILES string of the molecule is CC(C)Oc1ccc(C(=O)NC(Cc2ccc(-c3ncc(-c4ccc(C(C)(C)C)cc4)cn3)cc2)C(=O)O)cc1. The van der Waals surface area contributed by atoms with Crippen molar-refractivity contribution in [3.05, 3.63) is 102 Å². The van der Waals surface area contributed by atoms with E-state index in [2.05, 4.69) is 60.3 Å². The van der Waals surface area contributed by atoms with Crippen LogP contribution in [0.2, 0.25) is 0 Å². The molecule has 0 saturated carbocycles. The third kappa shape index (κ3) is 7.32. The second-order valence-corrected chi connectivity index (χ2v) is 11.1. The topological polar surface area (TPSA) is 101 Å². The van der Waals surface area contributed by atoms with Crippen LogP contribution in [0.15, 0.2) is 85.2 Å². The smallest absolute Gasteiger partial charge is 0.326 e. The number of ether oxygens (including phenoxy) is 1. The Morgan fingerprint density at radius 2 is 1.40 bits per heavy atom. The molecule has 1 unspecified atom stereocenters. The van der Waals surface area contributed by atoms with Crippen molar-refractivity contribution < 1.29 is 19.4 Å². The first-order valence-electron chi connectivity index (χ1n) is 13.3. The summed E-state index contributed by atoms with van der Waals surface area (Å²) in [4.78, 5) is 33.7. The molecule has 1 amide bonds. The second-order valence-electron chi connectivity index (χ2n) is 11.1. The third-order valence-corrected chi connectivity index (χ3v) is 6.48. The minimum Gasteiger partial charge on any atom is -0.491 e. The molecular formula is C33H35N3O4. The van der Waals surface area contributed by atoms with Crippen molar-refractivity contribution in [1.29, 1.82) is 0 Å². The molecule has 4 rings (SSSR count). The Bertz CT molecular complexity index is 1440. The van der Waals surface area contributed by atoms with Gasteiger partial charge in [-0.25, -0.2) is 14.8 Å². The maximum Gasteiger partial charge on any atom is 0.326 e. The van der Waals surface area contributed by atoms with Crippen LogP contribution in [0.1, 0.15) is 56.1 Å². The standard InChI is InChI=1S/C33H35N3O4/c1-21(2)40-28-16-12-25(13-17-28)31(37)36-29(32(38)39)18-22-6-8-24(9-7-22)30-34-19-26(20-35-30)23-10-14-27(15-11-23)33(3,4)5/h6-17,19-21,29H,18H2,1-5H3,(H,36,37)(H,38,39). The Morgan fingerprint density at radius 1 is 0.825 bits per heavy atom. The van der Waals surface area contributed by atoms with Crippen molar-refractivity contribution in [1.82, 2.24) is 15.3 Å². The predicted molar refractivity (Wildman–Crippen MR) is 156 cm³/mol. The van der Waals surface area contributed by atoms with E-state index in [0.717, 1.165) is 22.3 Å². The molecule has 0 aliphatic rings. The quantitative estimate of drug-likeness (QED) is 0.259. The van der Waals surface area contributed by atoms with Gasteiger partial charge in [0.2, 0.25) is 0 Å². The molecule has 0 aliphatic carbocycles. The van der Waals surface area contributed by atoms with Crippen LogP contribution < -0.4 is 10.1 Å². The number of hydrogen-bond donors (Lipinski definition) is 2. The van der Waals surface area contributed by atoms with Gasteiger partial charge in [-0.3, -0.25) is 4.79 Å².